The van der Waals surface area contributed by atoms with E-state index in [0.29, 0.717) is 6.04 Å². The van der Waals surface area contributed by atoms with Gasteiger partial charge in [-0.05, 0) is 40.4 Å². The van der Waals surface area contributed by atoms with E-state index in [1.165, 1.54) is 6.42 Å². The average molecular weight is 202 g/mol. The second kappa shape index (κ2) is 9.44. The largest absolute Gasteiger partial charge is 0.380 e. The first kappa shape index (κ1) is 13.9. The molecule has 3 nitrogen and oxygen atoms in total. The molecule has 0 saturated heterocycles. The Bertz CT molecular complexity index is 118. The van der Waals surface area contributed by atoms with Crippen molar-refractivity contribution >= 4 is 0 Å². The molecular weight excluding hydrogens is 176 g/mol. The molecule has 1 unspecified atom stereocenters. The molecule has 86 valence electrons. The third-order valence-corrected chi connectivity index (χ3v) is 2.10. The summed E-state index contributed by atoms with van der Waals surface area (Å²) in [6.45, 7) is 8.18. The highest BCUT2D eigenvalue weighted by Gasteiger charge is 2.00. The average Bonchev–Trinajstić information content (AvgIpc) is 2.14. The lowest BCUT2D eigenvalue weighted by molar-refractivity contribution is 0.134. The summed E-state index contributed by atoms with van der Waals surface area (Å²) in [6, 6.07) is 0.586. The minimum Gasteiger partial charge on any atom is -0.380 e. The summed E-state index contributed by atoms with van der Waals surface area (Å²) in [6.07, 6.45) is 2.30. The molecule has 0 amide bonds. The van der Waals surface area contributed by atoms with Crippen LogP contribution in [0.3, 0.4) is 0 Å². The Balaban J connectivity index is 3.14. The molecule has 0 spiro atoms. The quantitative estimate of drug-likeness (QED) is 0.571. The minimum absolute atomic E-state index is 0.586. The molecule has 1 atom stereocenters. The molecular formula is C11H26N2O. The van der Waals surface area contributed by atoms with Gasteiger partial charge in [0.15, 0.2) is 0 Å². The summed E-state index contributed by atoms with van der Waals surface area (Å²) < 4.78 is 5.39. The molecule has 0 aromatic heterocycles. The van der Waals surface area contributed by atoms with Crippen molar-refractivity contribution < 1.29 is 4.74 Å². The molecule has 0 fully saturated rings. The topological polar surface area (TPSA) is 24.5 Å². The summed E-state index contributed by atoms with van der Waals surface area (Å²) in [5.41, 5.74) is 0. The van der Waals surface area contributed by atoms with Crippen molar-refractivity contribution in [3.63, 3.8) is 0 Å². The Kier molecular flexibility index (Phi) is 9.35. The number of rotatable bonds is 9. The van der Waals surface area contributed by atoms with Gasteiger partial charge in [0.1, 0.15) is 0 Å². The molecule has 0 aliphatic carbocycles. The second-order valence-electron chi connectivity index (χ2n) is 4.06. The van der Waals surface area contributed by atoms with E-state index < -0.39 is 0 Å². The van der Waals surface area contributed by atoms with Gasteiger partial charge in [-0.2, -0.15) is 0 Å². The fourth-order valence-corrected chi connectivity index (χ4v) is 1.18. The van der Waals surface area contributed by atoms with Gasteiger partial charge in [0.25, 0.3) is 0 Å². The van der Waals surface area contributed by atoms with Crippen LogP contribution in [-0.4, -0.2) is 51.3 Å². The zero-order valence-corrected chi connectivity index (χ0v) is 10.2. The van der Waals surface area contributed by atoms with Gasteiger partial charge in [0.2, 0.25) is 0 Å². The van der Waals surface area contributed by atoms with Gasteiger partial charge in [-0.3, -0.25) is 0 Å². The fraction of sp³-hybridized carbons (Fsp3) is 1.00. The molecule has 0 aliphatic heterocycles. The van der Waals surface area contributed by atoms with E-state index in [9.17, 15) is 0 Å². The van der Waals surface area contributed by atoms with Crippen LogP contribution in [0.15, 0.2) is 0 Å². The number of nitrogens with one attached hydrogen (secondary N) is 1. The first-order chi connectivity index (χ1) is 6.66. The first-order valence-electron chi connectivity index (χ1n) is 5.62. The van der Waals surface area contributed by atoms with Crippen molar-refractivity contribution in [1.82, 2.24) is 10.2 Å². The molecule has 0 aromatic rings. The van der Waals surface area contributed by atoms with Crippen LogP contribution in [0, 0.1) is 0 Å². The van der Waals surface area contributed by atoms with Crippen LogP contribution in [0.5, 0.6) is 0 Å². The van der Waals surface area contributed by atoms with Crippen LogP contribution < -0.4 is 5.32 Å². The summed E-state index contributed by atoms with van der Waals surface area (Å²) in [7, 11) is 4.22. The Morgan fingerprint density at radius 3 is 2.57 bits per heavy atom. The zero-order chi connectivity index (χ0) is 10.8. The van der Waals surface area contributed by atoms with E-state index in [0.717, 1.165) is 32.7 Å². The van der Waals surface area contributed by atoms with Crippen molar-refractivity contribution in [2.24, 2.45) is 0 Å². The number of hydrogen-bond acceptors (Lipinski definition) is 3. The van der Waals surface area contributed by atoms with Gasteiger partial charge in [0.05, 0.1) is 6.61 Å². The highest BCUT2D eigenvalue weighted by Crippen LogP contribution is 1.91. The van der Waals surface area contributed by atoms with Crippen molar-refractivity contribution in [2.45, 2.75) is 32.7 Å². The van der Waals surface area contributed by atoms with Gasteiger partial charge < -0.3 is 15.0 Å². The van der Waals surface area contributed by atoms with E-state index in [4.69, 9.17) is 4.74 Å². The van der Waals surface area contributed by atoms with E-state index in [1.807, 2.05) is 0 Å². The van der Waals surface area contributed by atoms with Gasteiger partial charge in [-0.1, -0.05) is 6.92 Å². The number of nitrogens with zero attached hydrogens (tertiary/aromatic N) is 1. The Morgan fingerprint density at radius 1 is 1.29 bits per heavy atom. The summed E-state index contributed by atoms with van der Waals surface area (Å²) >= 11 is 0. The maximum atomic E-state index is 5.39. The number of ether oxygens (including phenoxy) is 1. The molecule has 3 heteroatoms. The zero-order valence-electron chi connectivity index (χ0n) is 10.2. The standard InChI is InChI=1S/C11H26N2O/c1-5-9-14-10-7-12-11(2)6-8-13(3)4/h11-12H,5-10H2,1-4H3. The lowest BCUT2D eigenvalue weighted by Gasteiger charge is -2.16. The number of hydrogen-bond donors (Lipinski definition) is 1. The van der Waals surface area contributed by atoms with E-state index in [1.54, 1.807) is 0 Å². The predicted octanol–water partition coefficient (Wildman–Crippen LogP) is 1.34. The predicted molar refractivity (Wildman–Crippen MR) is 61.7 cm³/mol. The van der Waals surface area contributed by atoms with E-state index in [-0.39, 0.29) is 0 Å². The van der Waals surface area contributed by atoms with Gasteiger partial charge >= 0.3 is 0 Å². The van der Waals surface area contributed by atoms with E-state index >= 15 is 0 Å². The van der Waals surface area contributed by atoms with Crippen molar-refractivity contribution in [2.75, 3.05) is 40.4 Å². The highest BCUT2D eigenvalue weighted by molar-refractivity contribution is 4.61. The molecule has 0 bridgehead atoms. The van der Waals surface area contributed by atoms with Crippen molar-refractivity contribution in [3.05, 3.63) is 0 Å². The van der Waals surface area contributed by atoms with Crippen LogP contribution in [0.1, 0.15) is 26.7 Å². The lowest BCUT2D eigenvalue weighted by atomic mass is 10.2. The summed E-state index contributed by atoms with van der Waals surface area (Å²) in [5.74, 6) is 0. The highest BCUT2D eigenvalue weighted by atomic mass is 16.5. The first-order valence-corrected chi connectivity index (χ1v) is 5.62. The molecule has 0 rings (SSSR count). The molecule has 0 radical (unpaired) electrons. The smallest absolute Gasteiger partial charge is 0.0590 e. The van der Waals surface area contributed by atoms with Gasteiger partial charge in [0, 0.05) is 19.2 Å². The SMILES string of the molecule is CCCOCCNC(C)CCN(C)C. The van der Waals surface area contributed by atoms with Crippen LogP contribution in [0.2, 0.25) is 0 Å². The van der Waals surface area contributed by atoms with Crippen LogP contribution >= 0.6 is 0 Å². The van der Waals surface area contributed by atoms with Crippen LogP contribution in [0.25, 0.3) is 0 Å². The third-order valence-electron chi connectivity index (χ3n) is 2.10. The minimum atomic E-state index is 0.586. The summed E-state index contributed by atoms with van der Waals surface area (Å²) in [4.78, 5) is 2.21. The molecule has 0 heterocycles. The van der Waals surface area contributed by atoms with Crippen molar-refractivity contribution in [1.29, 1.82) is 0 Å². The fourth-order valence-electron chi connectivity index (χ4n) is 1.18. The summed E-state index contributed by atoms with van der Waals surface area (Å²) in [5, 5.41) is 3.45. The molecule has 1 N–H and O–H groups in total. The maximum Gasteiger partial charge on any atom is 0.0590 e. The molecule has 0 saturated carbocycles. The van der Waals surface area contributed by atoms with Crippen molar-refractivity contribution in [3.8, 4) is 0 Å². The lowest BCUT2D eigenvalue weighted by Crippen LogP contribution is -2.32. The normalized spacial score (nSPS) is 13.5. The van der Waals surface area contributed by atoms with E-state index in [2.05, 4.69) is 38.2 Å². The molecule has 0 aromatic carbocycles. The molecule has 0 aliphatic rings. The monoisotopic (exact) mass is 202 g/mol. The Hall–Kier alpha value is -0.120. The Morgan fingerprint density at radius 2 is 2.00 bits per heavy atom. The molecule has 14 heavy (non-hydrogen) atoms. The van der Waals surface area contributed by atoms with Crippen LogP contribution in [-0.2, 0) is 4.74 Å². The van der Waals surface area contributed by atoms with Gasteiger partial charge in [-0.15, -0.1) is 0 Å². The van der Waals surface area contributed by atoms with Gasteiger partial charge in [-0.25, -0.2) is 0 Å². The Labute approximate surface area is 88.8 Å². The maximum absolute atomic E-state index is 5.39. The third kappa shape index (κ3) is 9.96. The second-order valence-corrected chi connectivity index (χ2v) is 4.06. The van der Waals surface area contributed by atoms with Crippen LogP contribution in [0.4, 0.5) is 0 Å².